The first-order valence-corrected chi connectivity index (χ1v) is 9.86. The van der Waals surface area contributed by atoms with E-state index in [9.17, 15) is 9.59 Å². The highest BCUT2D eigenvalue weighted by molar-refractivity contribution is 5.91. The number of carbonyl (C=O) groups excluding carboxylic acids is 2. The Bertz CT molecular complexity index is 853. The van der Waals surface area contributed by atoms with Gasteiger partial charge in [-0.05, 0) is 30.7 Å². The second kappa shape index (κ2) is 8.67. The molecule has 8 heteroatoms. The summed E-state index contributed by atoms with van der Waals surface area (Å²) in [5, 5.41) is 5.92. The van der Waals surface area contributed by atoms with Crippen LogP contribution in [0, 0.1) is 0 Å². The first kappa shape index (κ1) is 19.5. The zero-order valence-corrected chi connectivity index (χ0v) is 16.5. The fourth-order valence-electron chi connectivity index (χ4n) is 4.02. The van der Waals surface area contributed by atoms with Crippen LogP contribution in [0.15, 0.2) is 46.9 Å². The number of para-hydroxylation sites is 1. The van der Waals surface area contributed by atoms with Gasteiger partial charge in [-0.3, -0.25) is 9.69 Å². The number of methoxy groups -OCH3 is 1. The largest absolute Gasteiger partial charge is 0.453 e. The topological polar surface area (TPSA) is 87.0 Å². The average Bonchev–Trinajstić information content (AvgIpc) is 3.36. The standard InChI is InChI=1S/C21H26N4O4/c1-28-14-18-7-8-19(29-18)20(26)22-11-17-13-25(16-9-10-24(17)12-16)21(27)23-15-5-3-2-4-6-15/h2-8,16-17H,9-14H2,1H3,(H,22,26)(H,23,27). The van der Waals surface area contributed by atoms with Gasteiger partial charge in [0.2, 0.25) is 0 Å². The molecule has 2 bridgehead atoms. The Morgan fingerprint density at radius 3 is 2.79 bits per heavy atom. The number of furan rings is 1. The third-order valence-electron chi connectivity index (χ3n) is 5.52. The van der Waals surface area contributed by atoms with E-state index < -0.39 is 0 Å². The van der Waals surface area contributed by atoms with Crippen molar-refractivity contribution in [3.63, 3.8) is 0 Å². The molecule has 2 fully saturated rings. The minimum Gasteiger partial charge on any atom is -0.453 e. The lowest BCUT2D eigenvalue weighted by atomic mass is 10.1. The molecule has 2 aliphatic heterocycles. The van der Waals surface area contributed by atoms with Crippen LogP contribution in [-0.4, -0.2) is 67.1 Å². The van der Waals surface area contributed by atoms with Crippen LogP contribution in [0.4, 0.5) is 10.5 Å². The van der Waals surface area contributed by atoms with E-state index in [1.165, 1.54) is 0 Å². The third kappa shape index (κ3) is 4.44. The Labute approximate surface area is 169 Å². The minimum absolute atomic E-state index is 0.0765. The molecule has 2 saturated heterocycles. The van der Waals surface area contributed by atoms with Gasteiger partial charge in [-0.25, -0.2) is 4.79 Å². The number of piperazine rings is 1. The normalized spacial score (nSPS) is 23.1. The summed E-state index contributed by atoms with van der Waals surface area (Å²) < 4.78 is 10.5. The second-order valence-corrected chi connectivity index (χ2v) is 7.45. The van der Waals surface area contributed by atoms with Crippen LogP contribution in [0.25, 0.3) is 0 Å². The van der Waals surface area contributed by atoms with Gasteiger partial charge in [-0.1, -0.05) is 18.2 Å². The van der Waals surface area contributed by atoms with Gasteiger partial charge in [0.05, 0.1) is 0 Å². The fraction of sp³-hybridized carbons (Fsp3) is 0.429. The van der Waals surface area contributed by atoms with Gasteiger partial charge < -0.3 is 24.7 Å². The van der Waals surface area contributed by atoms with Crippen LogP contribution in [0.5, 0.6) is 0 Å². The average molecular weight is 398 g/mol. The number of anilines is 1. The molecule has 0 saturated carbocycles. The summed E-state index contributed by atoms with van der Waals surface area (Å²) >= 11 is 0. The highest BCUT2D eigenvalue weighted by Crippen LogP contribution is 2.25. The van der Waals surface area contributed by atoms with Gasteiger partial charge in [0.15, 0.2) is 5.76 Å². The molecule has 2 aliphatic rings. The summed E-state index contributed by atoms with van der Waals surface area (Å²) in [5.41, 5.74) is 0.785. The molecule has 0 spiro atoms. The van der Waals surface area contributed by atoms with Crippen LogP contribution < -0.4 is 10.6 Å². The Morgan fingerprint density at radius 1 is 1.17 bits per heavy atom. The number of carbonyl (C=O) groups is 2. The first-order valence-electron chi connectivity index (χ1n) is 9.86. The molecule has 4 rings (SSSR count). The Balaban J connectivity index is 1.35. The lowest BCUT2D eigenvalue weighted by Gasteiger charge is -2.40. The van der Waals surface area contributed by atoms with Gasteiger partial charge in [-0.15, -0.1) is 0 Å². The van der Waals surface area contributed by atoms with E-state index >= 15 is 0 Å². The summed E-state index contributed by atoms with van der Waals surface area (Å²) in [6, 6.07) is 13.1. The summed E-state index contributed by atoms with van der Waals surface area (Å²) in [6.07, 6.45) is 0.950. The quantitative estimate of drug-likeness (QED) is 0.779. The van der Waals surface area contributed by atoms with Crippen molar-refractivity contribution in [3.8, 4) is 0 Å². The van der Waals surface area contributed by atoms with E-state index in [1.54, 1.807) is 19.2 Å². The highest BCUT2D eigenvalue weighted by Gasteiger charge is 2.40. The van der Waals surface area contributed by atoms with Crippen molar-refractivity contribution in [2.24, 2.45) is 0 Å². The van der Waals surface area contributed by atoms with Gasteiger partial charge in [0.1, 0.15) is 12.4 Å². The predicted octanol–water partition coefficient (Wildman–Crippen LogP) is 2.15. The highest BCUT2D eigenvalue weighted by atomic mass is 16.5. The zero-order valence-electron chi connectivity index (χ0n) is 16.5. The molecule has 3 atom stereocenters. The number of nitrogens with one attached hydrogen (secondary N) is 2. The van der Waals surface area contributed by atoms with E-state index in [0.717, 1.165) is 25.2 Å². The van der Waals surface area contributed by atoms with Crippen molar-refractivity contribution in [2.75, 3.05) is 38.6 Å². The van der Waals surface area contributed by atoms with E-state index in [-0.39, 0.29) is 29.8 Å². The minimum atomic E-state index is -0.256. The number of amides is 3. The van der Waals surface area contributed by atoms with Crippen molar-refractivity contribution >= 4 is 17.6 Å². The molecule has 0 aliphatic carbocycles. The van der Waals surface area contributed by atoms with Crippen molar-refractivity contribution in [1.29, 1.82) is 0 Å². The molecule has 1 aromatic heterocycles. The summed E-state index contributed by atoms with van der Waals surface area (Å²) in [6.45, 7) is 3.13. The molecule has 2 aromatic rings. The van der Waals surface area contributed by atoms with Crippen LogP contribution in [-0.2, 0) is 11.3 Å². The number of rotatable bonds is 6. The second-order valence-electron chi connectivity index (χ2n) is 7.45. The van der Waals surface area contributed by atoms with Crippen molar-refractivity contribution < 1.29 is 18.7 Å². The number of ether oxygens (including phenoxy) is 1. The van der Waals surface area contributed by atoms with E-state index in [0.29, 0.717) is 25.5 Å². The van der Waals surface area contributed by atoms with Gasteiger partial charge in [-0.2, -0.15) is 0 Å². The molecule has 8 nitrogen and oxygen atoms in total. The lowest BCUT2D eigenvalue weighted by Crippen LogP contribution is -2.58. The molecule has 3 unspecified atom stereocenters. The molecule has 3 amide bonds. The monoisotopic (exact) mass is 398 g/mol. The number of hydrogen-bond acceptors (Lipinski definition) is 5. The first-order chi connectivity index (χ1) is 14.1. The molecular formula is C21H26N4O4. The van der Waals surface area contributed by atoms with Gasteiger partial charge in [0, 0.05) is 51.1 Å². The number of nitrogens with zero attached hydrogens (tertiary/aromatic N) is 2. The molecule has 2 N–H and O–H groups in total. The van der Waals surface area contributed by atoms with Crippen molar-refractivity contribution in [3.05, 3.63) is 54.0 Å². The summed E-state index contributed by atoms with van der Waals surface area (Å²) in [5.74, 6) is 0.626. The predicted molar refractivity (Wildman–Crippen MR) is 108 cm³/mol. The number of benzene rings is 1. The molecule has 3 heterocycles. The SMILES string of the molecule is COCc1ccc(C(=O)NCC2CN(C(=O)Nc3ccccc3)C3CCN2C3)o1. The maximum Gasteiger partial charge on any atom is 0.322 e. The van der Waals surface area contributed by atoms with Crippen LogP contribution >= 0.6 is 0 Å². The fourth-order valence-corrected chi connectivity index (χ4v) is 4.02. The zero-order chi connectivity index (χ0) is 20.2. The van der Waals surface area contributed by atoms with E-state index in [2.05, 4.69) is 15.5 Å². The number of fused-ring (bicyclic) bond motifs is 2. The summed E-state index contributed by atoms with van der Waals surface area (Å²) in [7, 11) is 1.58. The molecular weight excluding hydrogens is 372 g/mol. The van der Waals surface area contributed by atoms with Crippen LogP contribution in [0.3, 0.4) is 0 Å². The molecule has 29 heavy (non-hydrogen) atoms. The van der Waals surface area contributed by atoms with Crippen molar-refractivity contribution in [1.82, 2.24) is 15.1 Å². The van der Waals surface area contributed by atoms with Crippen LogP contribution in [0.2, 0.25) is 0 Å². The maximum absolute atomic E-state index is 12.8. The van der Waals surface area contributed by atoms with Crippen molar-refractivity contribution in [2.45, 2.75) is 25.1 Å². The lowest BCUT2D eigenvalue weighted by molar-refractivity contribution is 0.0853. The van der Waals surface area contributed by atoms with Gasteiger partial charge in [0.25, 0.3) is 5.91 Å². The summed E-state index contributed by atoms with van der Waals surface area (Å²) in [4.78, 5) is 29.5. The Kier molecular flexibility index (Phi) is 5.82. The Morgan fingerprint density at radius 2 is 2.00 bits per heavy atom. The van der Waals surface area contributed by atoms with Crippen LogP contribution in [0.1, 0.15) is 22.7 Å². The maximum atomic E-state index is 12.8. The molecule has 0 radical (unpaired) electrons. The third-order valence-corrected chi connectivity index (χ3v) is 5.52. The Hall–Kier alpha value is -2.84. The number of hydrogen-bond donors (Lipinski definition) is 2. The molecule has 1 aromatic carbocycles. The van der Waals surface area contributed by atoms with E-state index in [4.69, 9.17) is 9.15 Å². The smallest absolute Gasteiger partial charge is 0.322 e. The van der Waals surface area contributed by atoms with E-state index in [1.807, 2.05) is 35.2 Å². The molecule has 154 valence electrons. The van der Waals surface area contributed by atoms with Gasteiger partial charge >= 0.3 is 6.03 Å². The number of urea groups is 1.